The first-order valence-electron chi connectivity index (χ1n) is 10.1. The molecule has 1 aliphatic rings. The standard InChI is InChI=1S/C21H24N6O4S2/c1-30-18-11-16-17(12-19(18)31-2)23-13-24-20(16)26-7-9-27(10-8-26)21(32)25-14-3-5-15(6-4-14)33(22,28)29/h3-6,11-13H,7-10H2,1-2H3,(H,25,32)(H2,22,28,29). The molecule has 0 bridgehead atoms. The molecular weight excluding hydrogens is 464 g/mol. The molecule has 1 saturated heterocycles. The molecule has 3 aromatic rings. The van der Waals surface area contributed by atoms with Crippen LogP contribution in [0.15, 0.2) is 47.6 Å². The van der Waals surface area contributed by atoms with Crippen LogP contribution in [0, 0.1) is 0 Å². The number of methoxy groups -OCH3 is 2. The van der Waals surface area contributed by atoms with Crippen LogP contribution in [-0.4, -0.2) is 68.8 Å². The zero-order valence-electron chi connectivity index (χ0n) is 18.2. The van der Waals surface area contributed by atoms with E-state index in [0.717, 1.165) is 16.7 Å². The summed E-state index contributed by atoms with van der Waals surface area (Å²) in [7, 11) is -0.534. The predicted octanol–water partition coefficient (Wildman–Crippen LogP) is 1.81. The molecule has 0 amide bonds. The van der Waals surface area contributed by atoms with Gasteiger partial charge in [-0.2, -0.15) is 0 Å². The minimum Gasteiger partial charge on any atom is -0.493 e. The quantitative estimate of drug-likeness (QED) is 0.514. The number of nitrogens with zero attached hydrogens (tertiary/aromatic N) is 4. The molecule has 33 heavy (non-hydrogen) atoms. The predicted molar refractivity (Wildman–Crippen MR) is 130 cm³/mol. The smallest absolute Gasteiger partial charge is 0.238 e. The van der Waals surface area contributed by atoms with Crippen LogP contribution in [0.25, 0.3) is 10.9 Å². The van der Waals surface area contributed by atoms with E-state index in [-0.39, 0.29) is 4.90 Å². The van der Waals surface area contributed by atoms with E-state index in [1.807, 2.05) is 12.1 Å². The van der Waals surface area contributed by atoms with E-state index in [0.29, 0.717) is 48.5 Å². The second-order valence-corrected chi connectivity index (χ2v) is 9.34. The summed E-state index contributed by atoms with van der Waals surface area (Å²) in [6, 6.07) is 9.90. The summed E-state index contributed by atoms with van der Waals surface area (Å²) >= 11 is 5.55. The van der Waals surface area contributed by atoms with Crippen molar-refractivity contribution in [1.29, 1.82) is 0 Å². The van der Waals surface area contributed by atoms with Gasteiger partial charge in [0.2, 0.25) is 10.0 Å². The van der Waals surface area contributed by atoms with Crippen molar-refractivity contribution in [2.75, 3.05) is 50.6 Å². The fourth-order valence-electron chi connectivity index (χ4n) is 3.67. The number of aromatic nitrogens is 2. The van der Waals surface area contributed by atoms with Crippen LogP contribution in [0.3, 0.4) is 0 Å². The molecule has 0 aliphatic carbocycles. The molecule has 0 saturated carbocycles. The number of primary sulfonamides is 1. The van der Waals surface area contributed by atoms with Gasteiger partial charge in [0.25, 0.3) is 0 Å². The molecule has 2 heterocycles. The van der Waals surface area contributed by atoms with E-state index in [2.05, 4.69) is 25.1 Å². The highest BCUT2D eigenvalue weighted by Crippen LogP contribution is 2.34. The number of fused-ring (bicyclic) bond motifs is 1. The van der Waals surface area contributed by atoms with E-state index in [1.165, 1.54) is 12.1 Å². The zero-order chi connectivity index (χ0) is 23.6. The van der Waals surface area contributed by atoms with Crippen molar-refractivity contribution in [1.82, 2.24) is 14.9 Å². The third-order valence-electron chi connectivity index (χ3n) is 5.42. The third kappa shape index (κ3) is 4.92. The molecule has 0 unspecified atom stereocenters. The van der Waals surface area contributed by atoms with E-state index in [1.54, 1.807) is 32.7 Å². The Hall–Kier alpha value is -3.22. The van der Waals surface area contributed by atoms with Crippen molar-refractivity contribution in [3.63, 3.8) is 0 Å². The summed E-state index contributed by atoms with van der Waals surface area (Å²) in [6.45, 7) is 2.82. The number of hydrogen-bond acceptors (Lipinski definition) is 8. The lowest BCUT2D eigenvalue weighted by molar-refractivity contribution is 0.355. The number of nitrogens with two attached hydrogens (primary N) is 1. The number of hydrogen-bond donors (Lipinski definition) is 2. The van der Waals surface area contributed by atoms with Gasteiger partial charge < -0.3 is 24.6 Å². The van der Waals surface area contributed by atoms with Gasteiger partial charge in [-0.1, -0.05) is 0 Å². The second kappa shape index (κ2) is 9.33. The van der Waals surface area contributed by atoms with Gasteiger partial charge in [0.05, 0.1) is 24.6 Å². The number of anilines is 2. The molecule has 4 rings (SSSR count). The maximum absolute atomic E-state index is 11.4. The average Bonchev–Trinajstić information content (AvgIpc) is 2.82. The monoisotopic (exact) mass is 488 g/mol. The summed E-state index contributed by atoms with van der Waals surface area (Å²) in [4.78, 5) is 13.2. The molecule has 174 valence electrons. The number of ether oxygens (including phenoxy) is 2. The first kappa shape index (κ1) is 23.0. The molecule has 1 aromatic heterocycles. The van der Waals surface area contributed by atoms with Gasteiger partial charge in [-0.3, -0.25) is 0 Å². The Bertz CT molecular complexity index is 1280. The van der Waals surface area contributed by atoms with Crippen molar-refractivity contribution in [2.24, 2.45) is 5.14 Å². The molecule has 0 atom stereocenters. The van der Waals surface area contributed by atoms with Crippen LogP contribution < -0.4 is 24.8 Å². The number of rotatable bonds is 5. The lowest BCUT2D eigenvalue weighted by Crippen LogP contribution is -2.50. The number of thiocarbonyl (C=S) groups is 1. The molecule has 12 heteroatoms. The fourth-order valence-corrected chi connectivity index (χ4v) is 4.49. The minimum atomic E-state index is -3.73. The first-order valence-corrected chi connectivity index (χ1v) is 12.1. The van der Waals surface area contributed by atoms with Crippen molar-refractivity contribution in [3.8, 4) is 11.5 Å². The topological polar surface area (TPSA) is 123 Å². The number of piperazine rings is 1. The third-order valence-corrected chi connectivity index (χ3v) is 6.71. The molecule has 1 aliphatic heterocycles. The molecule has 3 N–H and O–H groups in total. The second-order valence-electron chi connectivity index (χ2n) is 7.40. The van der Waals surface area contributed by atoms with E-state index in [4.69, 9.17) is 26.8 Å². The molecule has 1 fully saturated rings. The lowest BCUT2D eigenvalue weighted by atomic mass is 10.2. The van der Waals surface area contributed by atoms with Gasteiger partial charge in [0.1, 0.15) is 12.1 Å². The molecular formula is C21H24N6O4S2. The molecule has 10 nitrogen and oxygen atoms in total. The first-order chi connectivity index (χ1) is 15.8. The summed E-state index contributed by atoms with van der Waals surface area (Å²) in [5, 5.41) is 9.75. The lowest BCUT2D eigenvalue weighted by Gasteiger charge is -2.37. The van der Waals surface area contributed by atoms with Crippen LogP contribution in [0.5, 0.6) is 11.5 Å². The van der Waals surface area contributed by atoms with E-state index in [9.17, 15) is 8.42 Å². The Balaban J connectivity index is 1.44. The van der Waals surface area contributed by atoms with E-state index >= 15 is 0 Å². The SMILES string of the molecule is COc1cc2ncnc(N3CCN(C(=S)Nc4ccc(S(N)(=O)=O)cc4)CC3)c2cc1OC. The molecule has 2 aromatic carbocycles. The average molecular weight is 489 g/mol. The Morgan fingerprint density at radius 2 is 1.67 bits per heavy atom. The number of nitrogens with one attached hydrogen (secondary N) is 1. The largest absolute Gasteiger partial charge is 0.493 e. The maximum Gasteiger partial charge on any atom is 0.238 e. The highest BCUT2D eigenvalue weighted by molar-refractivity contribution is 7.89. The zero-order valence-corrected chi connectivity index (χ0v) is 19.8. The van der Waals surface area contributed by atoms with Gasteiger partial charge in [-0.05, 0) is 42.5 Å². The van der Waals surface area contributed by atoms with Gasteiger partial charge in [0.15, 0.2) is 16.6 Å². The Morgan fingerprint density at radius 3 is 2.27 bits per heavy atom. The Morgan fingerprint density at radius 1 is 1.03 bits per heavy atom. The summed E-state index contributed by atoms with van der Waals surface area (Å²) in [5.74, 6) is 2.07. The molecule has 0 radical (unpaired) electrons. The number of sulfonamides is 1. The number of benzene rings is 2. The summed E-state index contributed by atoms with van der Waals surface area (Å²) in [6.07, 6.45) is 1.55. The van der Waals surface area contributed by atoms with Gasteiger partial charge in [-0.15, -0.1) is 0 Å². The van der Waals surface area contributed by atoms with Gasteiger partial charge >= 0.3 is 0 Å². The van der Waals surface area contributed by atoms with E-state index < -0.39 is 10.0 Å². The summed E-state index contributed by atoms with van der Waals surface area (Å²) in [5.41, 5.74) is 1.47. The maximum atomic E-state index is 11.4. The van der Waals surface area contributed by atoms with Crippen molar-refractivity contribution < 1.29 is 17.9 Å². The van der Waals surface area contributed by atoms with Crippen LogP contribution in [0.4, 0.5) is 11.5 Å². The van der Waals surface area contributed by atoms with Crippen LogP contribution in [0.1, 0.15) is 0 Å². The van der Waals surface area contributed by atoms with Crippen molar-refractivity contribution in [2.45, 2.75) is 4.90 Å². The fraction of sp³-hybridized carbons (Fsp3) is 0.286. The van der Waals surface area contributed by atoms with Crippen LogP contribution in [-0.2, 0) is 10.0 Å². The summed E-state index contributed by atoms with van der Waals surface area (Å²) < 4.78 is 33.6. The highest BCUT2D eigenvalue weighted by atomic mass is 32.2. The van der Waals surface area contributed by atoms with Crippen molar-refractivity contribution >= 4 is 49.8 Å². The normalized spacial score (nSPS) is 14.3. The van der Waals surface area contributed by atoms with Crippen LogP contribution >= 0.6 is 12.2 Å². The molecule has 0 spiro atoms. The highest BCUT2D eigenvalue weighted by Gasteiger charge is 2.22. The van der Waals surface area contributed by atoms with Crippen molar-refractivity contribution in [3.05, 3.63) is 42.7 Å². The Kier molecular flexibility index (Phi) is 6.49. The van der Waals surface area contributed by atoms with Crippen LogP contribution in [0.2, 0.25) is 0 Å². The van der Waals surface area contributed by atoms with Gasteiger partial charge in [-0.25, -0.2) is 23.5 Å². The minimum absolute atomic E-state index is 0.0545. The Labute approximate surface area is 197 Å². The van der Waals surface area contributed by atoms with Gasteiger partial charge in [0, 0.05) is 43.3 Å².